The number of hydrogen-bond donors (Lipinski definition) is 1. The maximum absolute atomic E-state index is 14.3. The summed E-state index contributed by atoms with van der Waals surface area (Å²) in [4.78, 5) is 27.6. The Morgan fingerprint density at radius 3 is 2.26 bits per heavy atom. The number of benzene rings is 5. The summed E-state index contributed by atoms with van der Waals surface area (Å²) in [5.41, 5.74) is 2.44. The molecular weight excluding hydrogens is 774 g/mol. The predicted octanol–water partition coefficient (Wildman–Crippen LogP) is 10.6. The number of carbonyl (C=O) groups excluding carboxylic acids is 2. The molecule has 2 atom stereocenters. The number of alkyl halides is 3. The molecule has 5 rings (SSSR count). The molecule has 8 nitrogen and oxygen atoms in total. The van der Waals surface area contributed by atoms with Crippen LogP contribution in [0.3, 0.4) is 0 Å². The molecule has 57 heavy (non-hydrogen) atoms. The van der Waals surface area contributed by atoms with Crippen LogP contribution in [0, 0.1) is 11.3 Å². The normalized spacial score (nSPS) is 12.3. The summed E-state index contributed by atoms with van der Waals surface area (Å²) in [5.74, 6) is -0.876. The van der Waals surface area contributed by atoms with E-state index in [1.54, 1.807) is 91.9 Å². The lowest BCUT2D eigenvalue weighted by Gasteiger charge is -2.18. The number of ether oxygens (including phenoxy) is 3. The highest BCUT2D eigenvalue weighted by atomic mass is 32.2. The molecule has 0 radical (unpaired) electrons. The average Bonchev–Trinajstić information content (AvgIpc) is 3.22. The first-order valence-corrected chi connectivity index (χ1v) is 20.3. The van der Waals surface area contributed by atoms with Gasteiger partial charge in [0.2, 0.25) is 0 Å². The fourth-order valence-corrected chi connectivity index (χ4v) is 7.65. The number of amides is 1. The number of halogens is 3. The molecule has 5 aromatic carbocycles. The van der Waals surface area contributed by atoms with Crippen LogP contribution in [0.25, 0.3) is 22.3 Å². The summed E-state index contributed by atoms with van der Waals surface area (Å²) in [7, 11) is 0.160. The van der Waals surface area contributed by atoms with Crippen molar-refractivity contribution < 1.29 is 41.2 Å². The maximum atomic E-state index is 14.3. The zero-order valence-electron chi connectivity index (χ0n) is 31.8. The van der Waals surface area contributed by atoms with Gasteiger partial charge in [0.1, 0.15) is 19.0 Å². The second-order valence-electron chi connectivity index (χ2n) is 12.8. The zero-order chi connectivity index (χ0) is 41.1. The van der Waals surface area contributed by atoms with Gasteiger partial charge < -0.3 is 19.5 Å². The Morgan fingerprint density at radius 2 is 1.58 bits per heavy atom. The van der Waals surface area contributed by atoms with E-state index >= 15 is 0 Å². The average molecular weight is 815 g/mol. The molecule has 0 aliphatic carbocycles. The maximum Gasteiger partial charge on any atom is 0.418 e. The molecule has 0 spiro atoms. The largest absolute Gasteiger partial charge is 0.490 e. The van der Waals surface area contributed by atoms with E-state index in [0.29, 0.717) is 48.9 Å². The van der Waals surface area contributed by atoms with Gasteiger partial charge in [-0.25, -0.2) is 4.79 Å². The van der Waals surface area contributed by atoms with Gasteiger partial charge in [-0.1, -0.05) is 69.3 Å². The van der Waals surface area contributed by atoms with Gasteiger partial charge in [0, 0.05) is 28.6 Å². The third-order valence-corrected chi connectivity index (χ3v) is 11.6. The van der Waals surface area contributed by atoms with Crippen molar-refractivity contribution in [3.05, 3.63) is 131 Å². The summed E-state index contributed by atoms with van der Waals surface area (Å²) < 4.78 is 71.7. The Labute approximate surface area is 336 Å². The second-order valence-corrected chi connectivity index (χ2v) is 16.0. The second kappa shape index (κ2) is 19.6. The first-order chi connectivity index (χ1) is 27.4. The molecular formula is C44H41F3N2O6S2. The van der Waals surface area contributed by atoms with Crippen LogP contribution in [0.5, 0.6) is 5.75 Å². The number of methoxy groups -OCH3 is 1. The van der Waals surface area contributed by atoms with Crippen molar-refractivity contribution in [2.24, 2.45) is 0 Å². The Hall–Kier alpha value is -5.42. The number of hydrogen-bond acceptors (Lipinski definition) is 8. The number of nitrogens with one attached hydrogen (secondary N) is 1. The molecule has 0 saturated carbocycles. The van der Waals surface area contributed by atoms with E-state index in [1.807, 2.05) is 13.8 Å². The lowest BCUT2D eigenvalue weighted by Crippen LogP contribution is -2.18. The third-order valence-electron chi connectivity index (χ3n) is 8.95. The topological polar surface area (TPSA) is 115 Å². The lowest BCUT2D eigenvalue weighted by molar-refractivity contribution is -0.137. The number of nitrogens with zero attached hydrogens (tertiary/aromatic N) is 1. The molecule has 0 bridgehead atoms. The first-order valence-electron chi connectivity index (χ1n) is 18.1. The van der Waals surface area contributed by atoms with Crippen LogP contribution in [0.2, 0.25) is 0 Å². The van der Waals surface area contributed by atoms with Crippen LogP contribution in [-0.4, -0.2) is 47.4 Å². The van der Waals surface area contributed by atoms with E-state index in [9.17, 15) is 32.2 Å². The van der Waals surface area contributed by atoms with Crippen LogP contribution in [0.1, 0.15) is 64.6 Å². The quantitative estimate of drug-likeness (QED) is 0.0595. The molecule has 0 fully saturated rings. The molecule has 0 aliphatic rings. The Bertz CT molecular complexity index is 2290. The Balaban J connectivity index is 1.42. The lowest BCUT2D eigenvalue weighted by atomic mass is 9.93. The molecule has 1 N–H and O–H groups in total. The summed E-state index contributed by atoms with van der Waals surface area (Å²) in [5, 5.41) is 12.6. The minimum Gasteiger partial charge on any atom is -0.490 e. The zero-order valence-corrected chi connectivity index (χ0v) is 33.4. The van der Waals surface area contributed by atoms with Crippen LogP contribution in [0.4, 0.5) is 18.9 Å². The smallest absolute Gasteiger partial charge is 0.418 e. The molecule has 1 amide bonds. The third kappa shape index (κ3) is 10.9. The highest BCUT2D eigenvalue weighted by Crippen LogP contribution is 2.39. The SMILES string of the molecule is CCC(C)Sc1ccc(NC(=O)c2cc(-c3ccc(C#N)c(-c4ccc(COC(=O)c5ccccc5S(=O)CC)cc4)c3)ccc2OCCOC)c(C(F)(F)F)c1. The van der Waals surface area contributed by atoms with Crippen molar-refractivity contribution in [3.63, 3.8) is 0 Å². The van der Waals surface area contributed by atoms with Crippen molar-refractivity contribution in [3.8, 4) is 34.1 Å². The van der Waals surface area contributed by atoms with E-state index in [0.717, 1.165) is 12.5 Å². The van der Waals surface area contributed by atoms with E-state index < -0.39 is 34.4 Å². The van der Waals surface area contributed by atoms with Gasteiger partial charge >= 0.3 is 12.1 Å². The number of carbonyl (C=O) groups is 2. The highest BCUT2D eigenvalue weighted by molar-refractivity contribution is 8.00. The van der Waals surface area contributed by atoms with Crippen molar-refractivity contribution in [2.75, 3.05) is 31.4 Å². The minimum absolute atomic E-state index is 0.00292. The highest BCUT2D eigenvalue weighted by Gasteiger charge is 2.35. The van der Waals surface area contributed by atoms with Crippen molar-refractivity contribution in [1.29, 1.82) is 5.26 Å². The molecule has 0 saturated heterocycles. The van der Waals surface area contributed by atoms with Crippen LogP contribution in [0.15, 0.2) is 113 Å². The van der Waals surface area contributed by atoms with Gasteiger partial charge in [0.15, 0.2) is 0 Å². The van der Waals surface area contributed by atoms with E-state index in [4.69, 9.17) is 14.2 Å². The standard InChI is InChI=1S/C44H41F3N2O6S2/c1-5-28(3)56-34-18-19-39(38(25-34)44(45,46)47)49-42(50)37-24-32(17-20-40(37)54-22-21-53-4)31-15-16-33(26-48)36(23-31)30-13-11-29(12-14-30)27-55-43(51)35-9-7-8-10-41(35)57(52)6-2/h7-20,23-25,28H,5-6,21-22,27H2,1-4H3,(H,49,50). The van der Waals surface area contributed by atoms with Gasteiger partial charge in [-0.2, -0.15) is 18.4 Å². The van der Waals surface area contributed by atoms with Crippen molar-refractivity contribution in [2.45, 2.75) is 55.0 Å². The predicted molar refractivity (Wildman–Crippen MR) is 217 cm³/mol. The number of thioether (sulfide) groups is 1. The van der Waals surface area contributed by atoms with Gasteiger partial charge in [0.25, 0.3) is 5.91 Å². The molecule has 0 aliphatic heterocycles. The molecule has 0 aromatic heterocycles. The van der Waals surface area contributed by atoms with Crippen LogP contribution < -0.4 is 10.1 Å². The number of rotatable bonds is 16. The van der Waals surface area contributed by atoms with Crippen LogP contribution >= 0.6 is 11.8 Å². The molecule has 13 heteroatoms. The van der Waals surface area contributed by atoms with Crippen molar-refractivity contribution >= 4 is 40.1 Å². The fourth-order valence-electron chi connectivity index (χ4n) is 5.75. The van der Waals surface area contributed by atoms with Gasteiger partial charge in [-0.05, 0) is 83.3 Å². The summed E-state index contributed by atoms with van der Waals surface area (Å²) >= 11 is 1.33. The summed E-state index contributed by atoms with van der Waals surface area (Å²) in [6.07, 6.45) is -3.95. The number of anilines is 1. The fraction of sp³-hybridized carbons (Fsp3) is 0.250. The van der Waals surface area contributed by atoms with Gasteiger partial charge in [0.05, 0.1) is 56.3 Å². The van der Waals surface area contributed by atoms with E-state index in [2.05, 4.69) is 11.4 Å². The number of nitriles is 1. The minimum atomic E-state index is -4.72. The first kappa shape index (κ1) is 42.7. The van der Waals surface area contributed by atoms with E-state index in [-0.39, 0.29) is 47.6 Å². The Morgan fingerprint density at radius 1 is 0.877 bits per heavy atom. The summed E-state index contributed by atoms with van der Waals surface area (Å²) in [6, 6.07) is 29.8. The number of esters is 1. The van der Waals surface area contributed by atoms with E-state index in [1.165, 1.54) is 31.0 Å². The van der Waals surface area contributed by atoms with Gasteiger partial charge in [-0.3, -0.25) is 9.00 Å². The Kier molecular flexibility index (Phi) is 14.7. The molecule has 296 valence electrons. The molecule has 2 unspecified atom stereocenters. The molecule has 5 aromatic rings. The van der Waals surface area contributed by atoms with Crippen molar-refractivity contribution in [1.82, 2.24) is 0 Å². The summed E-state index contributed by atoms with van der Waals surface area (Å²) in [6.45, 7) is 5.93. The monoisotopic (exact) mass is 814 g/mol. The van der Waals surface area contributed by atoms with Crippen LogP contribution in [-0.2, 0) is 33.1 Å². The molecule has 0 heterocycles. The van der Waals surface area contributed by atoms with Gasteiger partial charge in [-0.15, -0.1) is 11.8 Å².